The number of hydrazine groups is 1. The maximum Gasteiger partial charge on any atom is 0.234 e. The average molecular weight is 252 g/mol. The third-order valence-electron chi connectivity index (χ3n) is 2.61. The minimum atomic E-state index is -0.00928. The number of carbonyl (C=O) groups excluding carboxylic acids is 1. The third-order valence-corrected chi connectivity index (χ3v) is 2.61. The van der Waals surface area contributed by atoms with Gasteiger partial charge in [-0.25, -0.2) is 5.43 Å². The molecule has 2 N–H and O–H groups in total. The largest absolute Gasteiger partial charge is 0.497 e. The molecule has 0 aliphatic heterocycles. The van der Waals surface area contributed by atoms with E-state index in [1.165, 1.54) is 0 Å². The van der Waals surface area contributed by atoms with Gasteiger partial charge >= 0.3 is 0 Å². The molecule has 0 atom stereocenters. The Bertz CT molecular complexity index is 394. The molecule has 0 radical (unpaired) electrons. The van der Waals surface area contributed by atoms with Crippen molar-refractivity contribution >= 4 is 5.91 Å². The van der Waals surface area contributed by atoms with Crippen LogP contribution in [0.5, 0.6) is 11.5 Å². The van der Waals surface area contributed by atoms with Crippen molar-refractivity contribution in [2.45, 2.75) is 19.3 Å². The van der Waals surface area contributed by atoms with E-state index in [1.807, 2.05) is 18.2 Å². The van der Waals surface area contributed by atoms with E-state index < -0.39 is 0 Å². The fourth-order valence-electron chi connectivity index (χ4n) is 1.70. The van der Waals surface area contributed by atoms with E-state index in [9.17, 15) is 4.79 Å². The molecule has 0 aliphatic carbocycles. The van der Waals surface area contributed by atoms with Gasteiger partial charge in [-0.2, -0.15) is 0 Å². The van der Waals surface area contributed by atoms with Crippen LogP contribution in [0, 0.1) is 0 Å². The van der Waals surface area contributed by atoms with Gasteiger partial charge in [0, 0.05) is 19.5 Å². The zero-order chi connectivity index (χ0) is 13.4. The summed E-state index contributed by atoms with van der Waals surface area (Å²) >= 11 is 0. The molecule has 0 heterocycles. The molecule has 0 saturated carbocycles. The summed E-state index contributed by atoms with van der Waals surface area (Å²) in [5, 5.41) is 0. The molecule has 0 aliphatic rings. The Hall–Kier alpha value is -1.75. The number of methoxy groups -OCH3 is 2. The number of carbonyl (C=O) groups is 1. The number of amides is 1. The lowest BCUT2D eigenvalue weighted by Gasteiger charge is -2.10. The Morgan fingerprint density at radius 1 is 1.28 bits per heavy atom. The normalized spacial score (nSPS) is 9.94. The summed E-state index contributed by atoms with van der Waals surface area (Å²) in [7, 11) is 4.92. The molecule has 100 valence electrons. The fraction of sp³-hybridized carbons (Fsp3) is 0.462. The Kier molecular flexibility index (Phi) is 6.00. The van der Waals surface area contributed by atoms with E-state index in [2.05, 4.69) is 10.9 Å². The molecule has 0 aromatic heterocycles. The van der Waals surface area contributed by atoms with Crippen LogP contribution in [0.25, 0.3) is 0 Å². The molecule has 5 nitrogen and oxygen atoms in total. The molecule has 0 bridgehead atoms. The number of rotatable bonds is 7. The number of hydrogen-bond acceptors (Lipinski definition) is 4. The summed E-state index contributed by atoms with van der Waals surface area (Å²) in [5.74, 6) is 1.55. The van der Waals surface area contributed by atoms with Gasteiger partial charge in [0.1, 0.15) is 11.5 Å². The summed E-state index contributed by atoms with van der Waals surface area (Å²) < 4.78 is 10.4. The summed E-state index contributed by atoms with van der Waals surface area (Å²) in [6.07, 6.45) is 2.05. The fourth-order valence-corrected chi connectivity index (χ4v) is 1.70. The minimum absolute atomic E-state index is 0.00928. The van der Waals surface area contributed by atoms with Crippen LogP contribution in [0.1, 0.15) is 18.4 Å². The molecule has 1 amide bonds. The van der Waals surface area contributed by atoms with E-state index >= 15 is 0 Å². The van der Waals surface area contributed by atoms with Gasteiger partial charge in [0.2, 0.25) is 5.91 Å². The smallest absolute Gasteiger partial charge is 0.234 e. The van der Waals surface area contributed by atoms with Crippen molar-refractivity contribution in [2.75, 3.05) is 21.3 Å². The highest BCUT2D eigenvalue weighted by atomic mass is 16.5. The molecular formula is C13H20N2O3. The Morgan fingerprint density at radius 2 is 2.06 bits per heavy atom. The number of aryl methyl sites for hydroxylation is 1. The standard InChI is InChI=1S/C13H20N2O3/c1-14-15-13(16)6-4-5-10-7-8-11(17-2)9-12(10)18-3/h7-9,14H,4-6H2,1-3H3,(H,15,16). The van der Waals surface area contributed by atoms with Crippen LogP contribution in [0.3, 0.4) is 0 Å². The van der Waals surface area contributed by atoms with Crippen LogP contribution in [0.15, 0.2) is 18.2 Å². The first-order valence-corrected chi connectivity index (χ1v) is 5.87. The van der Waals surface area contributed by atoms with Crippen LogP contribution in [-0.2, 0) is 11.2 Å². The second kappa shape index (κ2) is 7.55. The van der Waals surface area contributed by atoms with Crippen LogP contribution < -0.4 is 20.3 Å². The zero-order valence-corrected chi connectivity index (χ0v) is 11.1. The summed E-state index contributed by atoms with van der Waals surface area (Å²) in [4.78, 5) is 11.3. The maximum atomic E-state index is 11.3. The lowest BCUT2D eigenvalue weighted by atomic mass is 10.1. The van der Waals surface area contributed by atoms with Gasteiger partial charge in [0.25, 0.3) is 0 Å². The topological polar surface area (TPSA) is 59.6 Å². The van der Waals surface area contributed by atoms with E-state index in [-0.39, 0.29) is 5.91 Å². The molecular weight excluding hydrogens is 232 g/mol. The number of nitrogens with one attached hydrogen (secondary N) is 2. The van der Waals surface area contributed by atoms with Gasteiger partial charge < -0.3 is 9.47 Å². The monoisotopic (exact) mass is 252 g/mol. The summed E-state index contributed by atoms with van der Waals surface area (Å²) in [6, 6.07) is 5.71. The molecule has 18 heavy (non-hydrogen) atoms. The zero-order valence-electron chi connectivity index (χ0n) is 11.1. The minimum Gasteiger partial charge on any atom is -0.497 e. The van der Waals surface area contributed by atoms with Crippen molar-refractivity contribution in [2.24, 2.45) is 0 Å². The van der Waals surface area contributed by atoms with Crippen LogP contribution >= 0.6 is 0 Å². The molecule has 0 spiro atoms. The molecule has 0 saturated heterocycles. The Morgan fingerprint density at radius 3 is 2.67 bits per heavy atom. The van der Waals surface area contributed by atoms with Crippen LogP contribution in [0.2, 0.25) is 0 Å². The highest BCUT2D eigenvalue weighted by molar-refractivity contribution is 5.75. The second-order valence-corrected chi connectivity index (χ2v) is 3.83. The Labute approximate surface area is 107 Å². The van der Waals surface area contributed by atoms with Crippen LogP contribution in [-0.4, -0.2) is 27.2 Å². The van der Waals surface area contributed by atoms with E-state index in [0.29, 0.717) is 6.42 Å². The molecule has 1 aromatic rings. The number of hydrogen-bond donors (Lipinski definition) is 2. The van der Waals surface area contributed by atoms with Crippen molar-refractivity contribution in [3.63, 3.8) is 0 Å². The maximum absolute atomic E-state index is 11.3. The number of benzene rings is 1. The summed E-state index contributed by atoms with van der Waals surface area (Å²) in [5.41, 5.74) is 6.23. The second-order valence-electron chi connectivity index (χ2n) is 3.83. The predicted molar refractivity (Wildman–Crippen MR) is 69.7 cm³/mol. The van der Waals surface area contributed by atoms with E-state index in [1.54, 1.807) is 21.3 Å². The molecule has 1 rings (SSSR count). The SMILES string of the molecule is CNNC(=O)CCCc1ccc(OC)cc1OC. The third kappa shape index (κ3) is 4.25. The van der Waals surface area contributed by atoms with Crippen molar-refractivity contribution in [3.8, 4) is 11.5 Å². The first kappa shape index (κ1) is 14.3. The number of ether oxygens (including phenoxy) is 2. The lowest BCUT2D eigenvalue weighted by molar-refractivity contribution is -0.122. The van der Waals surface area contributed by atoms with E-state index in [0.717, 1.165) is 29.9 Å². The lowest BCUT2D eigenvalue weighted by Crippen LogP contribution is -2.33. The van der Waals surface area contributed by atoms with Crippen LogP contribution in [0.4, 0.5) is 0 Å². The first-order valence-electron chi connectivity index (χ1n) is 5.87. The van der Waals surface area contributed by atoms with Gasteiger partial charge in [-0.3, -0.25) is 10.2 Å². The van der Waals surface area contributed by atoms with E-state index in [4.69, 9.17) is 9.47 Å². The molecule has 0 unspecified atom stereocenters. The first-order chi connectivity index (χ1) is 8.71. The quantitative estimate of drug-likeness (QED) is 0.718. The predicted octanol–water partition coefficient (Wildman–Crippen LogP) is 1.28. The molecule has 5 heteroatoms. The van der Waals surface area contributed by atoms with Gasteiger partial charge in [-0.15, -0.1) is 0 Å². The van der Waals surface area contributed by atoms with Gasteiger partial charge in [-0.1, -0.05) is 6.07 Å². The van der Waals surface area contributed by atoms with Crippen molar-refractivity contribution < 1.29 is 14.3 Å². The average Bonchev–Trinajstić information content (AvgIpc) is 2.39. The van der Waals surface area contributed by atoms with Gasteiger partial charge in [0.15, 0.2) is 0 Å². The highest BCUT2D eigenvalue weighted by Crippen LogP contribution is 2.25. The van der Waals surface area contributed by atoms with Gasteiger partial charge in [0.05, 0.1) is 14.2 Å². The van der Waals surface area contributed by atoms with Crippen molar-refractivity contribution in [1.82, 2.24) is 10.9 Å². The highest BCUT2D eigenvalue weighted by Gasteiger charge is 2.06. The molecule has 0 fully saturated rings. The van der Waals surface area contributed by atoms with Crippen molar-refractivity contribution in [3.05, 3.63) is 23.8 Å². The molecule has 1 aromatic carbocycles. The summed E-state index contributed by atoms with van der Waals surface area (Å²) in [6.45, 7) is 0. The Balaban J connectivity index is 2.53. The van der Waals surface area contributed by atoms with Gasteiger partial charge in [-0.05, 0) is 24.5 Å². The van der Waals surface area contributed by atoms with Crippen molar-refractivity contribution in [1.29, 1.82) is 0 Å².